The molecule has 2 heterocycles. The lowest BCUT2D eigenvalue weighted by Gasteiger charge is -2.25. The van der Waals surface area contributed by atoms with Gasteiger partial charge in [0.05, 0.1) is 12.1 Å². The highest BCUT2D eigenvalue weighted by atomic mass is 16.3. The van der Waals surface area contributed by atoms with Gasteiger partial charge in [-0.2, -0.15) is 0 Å². The summed E-state index contributed by atoms with van der Waals surface area (Å²) in [7, 11) is 0. The van der Waals surface area contributed by atoms with Crippen molar-refractivity contribution in [1.29, 1.82) is 0 Å². The number of Topliss-reactive ketones (excluding diaryl/α,β-unsaturated/α-hetero) is 1. The zero-order chi connectivity index (χ0) is 16.8. The fourth-order valence-electron chi connectivity index (χ4n) is 3.04. The number of anilines is 1. The minimum Gasteiger partial charge on any atom is -0.458 e. The molecule has 0 bridgehead atoms. The molecule has 1 atom stereocenters. The van der Waals surface area contributed by atoms with Crippen LogP contribution < -0.4 is 4.90 Å². The third kappa shape index (κ3) is 2.37. The van der Waals surface area contributed by atoms with E-state index in [4.69, 9.17) is 4.42 Å². The van der Waals surface area contributed by atoms with Crippen molar-refractivity contribution < 1.29 is 19.1 Å². The maximum Gasteiger partial charge on any atom is 0.264 e. The van der Waals surface area contributed by atoms with Gasteiger partial charge >= 0.3 is 0 Å². The molecule has 5 nitrogen and oxygen atoms in total. The summed E-state index contributed by atoms with van der Waals surface area (Å²) in [6, 6.07) is 10.2. The standard InChI is InChI=1S/C18H19NO4/c1-11(2)19-14-7-5-4-6-13(14)18(22,17(19)21)10-15(20)16-9-8-12(3)23-16/h4-9,11,22H,10H2,1-3H3/t18-/m1/s1. The zero-order valence-electron chi connectivity index (χ0n) is 13.4. The highest BCUT2D eigenvalue weighted by Crippen LogP contribution is 2.43. The first-order valence-corrected chi connectivity index (χ1v) is 7.60. The lowest BCUT2D eigenvalue weighted by atomic mass is 9.89. The van der Waals surface area contributed by atoms with Gasteiger partial charge in [-0.15, -0.1) is 0 Å². The molecule has 1 aliphatic rings. The van der Waals surface area contributed by atoms with E-state index in [9.17, 15) is 14.7 Å². The number of hydrogen-bond acceptors (Lipinski definition) is 4. The van der Waals surface area contributed by atoms with Crippen molar-refractivity contribution in [3.05, 3.63) is 53.5 Å². The highest BCUT2D eigenvalue weighted by Gasteiger charge is 2.51. The molecular weight excluding hydrogens is 294 g/mol. The van der Waals surface area contributed by atoms with E-state index in [1.54, 1.807) is 37.3 Å². The minimum absolute atomic E-state index is 0.112. The number of rotatable bonds is 4. The number of carbonyl (C=O) groups is 2. The molecule has 0 unspecified atom stereocenters. The highest BCUT2D eigenvalue weighted by molar-refractivity contribution is 6.10. The van der Waals surface area contributed by atoms with E-state index in [2.05, 4.69) is 0 Å². The summed E-state index contributed by atoms with van der Waals surface area (Å²) in [5, 5.41) is 11.0. The average molecular weight is 313 g/mol. The maximum atomic E-state index is 12.8. The Kier molecular flexibility index (Phi) is 3.60. The SMILES string of the molecule is Cc1ccc(C(=O)C[C@]2(O)C(=O)N(C(C)C)c3ccccc32)o1. The topological polar surface area (TPSA) is 70.8 Å². The lowest BCUT2D eigenvalue weighted by Crippen LogP contribution is -2.44. The third-order valence-corrected chi connectivity index (χ3v) is 4.13. The normalized spacial score (nSPS) is 20.2. The van der Waals surface area contributed by atoms with E-state index in [0.29, 0.717) is 17.0 Å². The summed E-state index contributed by atoms with van der Waals surface area (Å²) in [5.41, 5.74) is -0.729. The third-order valence-electron chi connectivity index (χ3n) is 4.13. The Balaban J connectivity index is 2.00. The van der Waals surface area contributed by atoms with Crippen LogP contribution >= 0.6 is 0 Å². The maximum absolute atomic E-state index is 12.8. The fraction of sp³-hybridized carbons (Fsp3) is 0.333. The van der Waals surface area contributed by atoms with Crippen LogP contribution in [0.25, 0.3) is 0 Å². The first kappa shape index (κ1) is 15.5. The quantitative estimate of drug-likeness (QED) is 0.881. The second-order valence-corrected chi connectivity index (χ2v) is 6.16. The van der Waals surface area contributed by atoms with Gasteiger partial charge in [-0.1, -0.05) is 18.2 Å². The minimum atomic E-state index is -1.85. The number of ketones is 1. The Bertz CT molecular complexity index is 777. The zero-order valence-corrected chi connectivity index (χ0v) is 13.4. The van der Waals surface area contributed by atoms with Crippen LogP contribution in [0.4, 0.5) is 5.69 Å². The number of benzene rings is 1. The van der Waals surface area contributed by atoms with Crippen molar-refractivity contribution >= 4 is 17.4 Å². The number of furan rings is 1. The largest absolute Gasteiger partial charge is 0.458 e. The summed E-state index contributed by atoms with van der Waals surface area (Å²) in [5.74, 6) is -0.0915. The monoisotopic (exact) mass is 313 g/mol. The number of aliphatic hydroxyl groups is 1. The molecule has 23 heavy (non-hydrogen) atoms. The number of carbonyl (C=O) groups excluding carboxylic acids is 2. The van der Waals surface area contributed by atoms with Crippen LogP contribution in [0.15, 0.2) is 40.8 Å². The van der Waals surface area contributed by atoms with Gasteiger partial charge in [-0.05, 0) is 39.0 Å². The smallest absolute Gasteiger partial charge is 0.264 e. The number of aryl methyl sites for hydroxylation is 1. The Labute approximate surface area is 134 Å². The number of para-hydroxylation sites is 1. The van der Waals surface area contributed by atoms with Crippen molar-refractivity contribution in [2.45, 2.75) is 38.8 Å². The van der Waals surface area contributed by atoms with E-state index in [1.165, 1.54) is 4.90 Å². The molecule has 1 N–H and O–H groups in total. The van der Waals surface area contributed by atoms with Crippen molar-refractivity contribution in [2.24, 2.45) is 0 Å². The van der Waals surface area contributed by atoms with Gasteiger partial charge < -0.3 is 14.4 Å². The molecule has 1 aromatic heterocycles. The molecule has 3 rings (SSSR count). The lowest BCUT2D eigenvalue weighted by molar-refractivity contribution is -0.136. The molecule has 0 saturated heterocycles. The first-order chi connectivity index (χ1) is 10.8. The predicted octanol–water partition coefficient (Wildman–Crippen LogP) is 2.80. The van der Waals surface area contributed by atoms with E-state index in [1.807, 2.05) is 19.9 Å². The van der Waals surface area contributed by atoms with Crippen LogP contribution in [0.5, 0.6) is 0 Å². The number of hydrogen-bond donors (Lipinski definition) is 1. The fourth-order valence-corrected chi connectivity index (χ4v) is 3.04. The molecule has 2 aromatic rings. The van der Waals surface area contributed by atoms with Crippen molar-refractivity contribution in [2.75, 3.05) is 4.90 Å². The van der Waals surface area contributed by atoms with Crippen molar-refractivity contribution in [3.8, 4) is 0 Å². The van der Waals surface area contributed by atoms with Crippen LogP contribution in [-0.2, 0) is 10.4 Å². The van der Waals surface area contributed by atoms with Gasteiger partial charge in [0, 0.05) is 11.6 Å². The average Bonchev–Trinajstić information content (AvgIpc) is 3.01. The summed E-state index contributed by atoms with van der Waals surface area (Å²) in [6.07, 6.45) is -0.334. The summed E-state index contributed by atoms with van der Waals surface area (Å²) in [4.78, 5) is 26.8. The van der Waals surface area contributed by atoms with Crippen LogP contribution in [-0.4, -0.2) is 22.8 Å². The molecule has 120 valence electrons. The first-order valence-electron chi connectivity index (χ1n) is 7.60. The number of amides is 1. The predicted molar refractivity (Wildman–Crippen MR) is 85.4 cm³/mol. The van der Waals surface area contributed by atoms with Crippen molar-refractivity contribution in [3.63, 3.8) is 0 Å². The van der Waals surface area contributed by atoms with Crippen LogP contribution in [0, 0.1) is 6.92 Å². The summed E-state index contributed by atoms with van der Waals surface area (Å²) < 4.78 is 5.31. The Morgan fingerprint density at radius 3 is 2.57 bits per heavy atom. The van der Waals surface area contributed by atoms with Gasteiger partial charge in [0.15, 0.2) is 11.4 Å². The second-order valence-electron chi connectivity index (χ2n) is 6.16. The van der Waals surface area contributed by atoms with Gasteiger partial charge in [0.2, 0.25) is 5.78 Å². The molecule has 0 aliphatic carbocycles. The molecule has 1 amide bonds. The van der Waals surface area contributed by atoms with E-state index in [0.717, 1.165) is 0 Å². The molecule has 0 saturated carbocycles. The second kappa shape index (κ2) is 5.35. The van der Waals surface area contributed by atoms with Crippen molar-refractivity contribution in [1.82, 2.24) is 0 Å². The number of nitrogens with zero attached hydrogens (tertiary/aromatic N) is 1. The molecule has 0 radical (unpaired) electrons. The van der Waals surface area contributed by atoms with E-state index < -0.39 is 17.3 Å². The molecule has 5 heteroatoms. The van der Waals surface area contributed by atoms with Gasteiger partial charge in [-0.3, -0.25) is 9.59 Å². The van der Waals surface area contributed by atoms with E-state index in [-0.39, 0.29) is 18.2 Å². The Morgan fingerprint density at radius 2 is 1.96 bits per heavy atom. The van der Waals surface area contributed by atoms with Gasteiger partial charge in [0.1, 0.15) is 5.76 Å². The van der Waals surface area contributed by atoms with Crippen LogP contribution in [0.3, 0.4) is 0 Å². The van der Waals surface area contributed by atoms with E-state index >= 15 is 0 Å². The number of fused-ring (bicyclic) bond motifs is 1. The summed E-state index contributed by atoms with van der Waals surface area (Å²) in [6.45, 7) is 5.48. The van der Waals surface area contributed by atoms with Crippen LogP contribution in [0.1, 0.15) is 42.1 Å². The molecule has 0 fully saturated rings. The molecular formula is C18H19NO4. The Hall–Kier alpha value is -2.40. The van der Waals surface area contributed by atoms with Gasteiger partial charge in [0.25, 0.3) is 5.91 Å². The summed E-state index contributed by atoms with van der Waals surface area (Å²) >= 11 is 0. The van der Waals surface area contributed by atoms with Gasteiger partial charge in [-0.25, -0.2) is 0 Å². The molecule has 0 spiro atoms. The molecule has 1 aromatic carbocycles. The van der Waals surface area contributed by atoms with Crippen LogP contribution in [0.2, 0.25) is 0 Å². The Morgan fingerprint density at radius 1 is 1.26 bits per heavy atom. The molecule has 1 aliphatic heterocycles.